The Hall–Kier alpha value is -2.97. The lowest BCUT2D eigenvalue weighted by molar-refractivity contribution is 0.0997. The van der Waals surface area contributed by atoms with Crippen LogP contribution in [0.1, 0.15) is 10.6 Å². The molecule has 1 amide bonds. The standard InChI is InChI=1S/C17H13FN2O4S/c18-12-3-1-11(2-4-12)15-9-10-16(24-15)17(21)20-13-5-7-14(8-6-13)25(19,22)23/h1-10H,(H,20,21)(H2,19,22,23). The number of benzene rings is 2. The summed E-state index contributed by atoms with van der Waals surface area (Å²) in [6, 6.07) is 14.2. The number of amides is 1. The van der Waals surface area contributed by atoms with Crippen LogP contribution in [0.4, 0.5) is 10.1 Å². The van der Waals surface area contributed by atoms with Crippen molar-refractivity contribution < 1.29 is 22.0 Å². The first kappa shape index (κ1) is 16.9. The van der Waals surface area contributed by atoms with Gasteiger partial charge < -0.3 is 9.73 Å². The minimum absolute atomic E-state index is 0.0536. The van der Waals surface area contributed by atoms with Gasteiger partial charge >= 0.3 is 0 Å². The van der Waals surface area contributed by atoms with Crippen molar-refractivity contribution in [1.29, 1.82) is 0 Å². The highest BCUT2D eigenvalue weighted by molar-refractivity contribution is 7.89. The van der Waals surface area contributed by atoms with Gasteiger partial charge in [-0.15, -0.1) is 0 Å². The highest BCUT2D eigenvalue weighted by Gasteiger charge is 2.13. The van der Waals surface area contributed by atoms with Crippen LogP contribution in [0, 0.1) is 5.82 Å². The third-order valence-corrected chi connectivity index (χ3v) is 4.33. The van der Waals surface area contributed by atoms with E-state index in [-0.39, 0.29) is 16.5 Å². The molecule has 0 saturated carbocycles. The number of nitrogens with two attached hydrogens (primary N) is 1. The van der Waals surface area contributed by atoms with Gasteiger partial charge in [-0.3, -0.25) is 4.79 Å². The number of rotatable bonds is 4. The maximum atomic E-state index is 12.9. The fraction of sp³-hybridized carbons (Fsp3) is 0. The normalized spacial score (nSPS) is 11.3. The molecule has 0 saturated heterocycles. The van der Waals surface area contributed by atoms with E-state index in [1.165, 1.54) is 42.5 Å². The molecule has 0 bridgehead atoms. The maximum absolute atomic E-state index is 12.9. The topological polar surface area (TPSA) is 102 Å². The van der Waals surface area contributed by atoms with Crippen molar-refractivity contribution in [3.63, 3.8) is 0 Å². The smallest absolute Gasteiger partial charge is 0.291 e. The van der Waals surface area contributed by atoms with Crippen molar-refractivity contribution in [1.82, 2.24) is 0 Å². The lowest BCUT2D eigenvalue weighted by atomic mass is 10.2. The summed E-state index contributed by atoms with van der Waals surface area (Å²) in [7, 11) is -3.79. The molecule has 8 heteroatoms. The molecule has 128 valence electrons. The van der Waals surface area contributed by atoms with Crippen molar-refractivity contribution in [2.45, 2.75) is 4.90 Å². The van der Waals surface area contributed by atoms with Crippen LogP contribution in [0.2, 0.25) is 0 Å². The van der Waals surface area contributed by atoms with Crippen LogP contribution < -0.4 is 10.5 Å². The molecule has 0 atom stereocenters. The highest BCUT2D eigenvalue weighted by Crippen LogP contribution is 2.23. The van der Waals surface area contributed by atoms with Gasteiger partial charge in [0.25, 0.3) is 5.91 Å². The van der Waals surface area contributed by atoms with Gasteiger partial charge in [-0.05, 0) is 60.7 Å². The minimum atomic E-state index is -3.79. The number of hydrogen-bond donors (Lipinski definition) is 2. The van der Waals surface area contributed by atoms with Crippen molar-refractivity contribution in [3.05, 3.63) is 72.2 Å². The van der Waals surface area contributed by atoms with Crippen molar-refractivity contribution in [2.75, 3.05) is 5.32 Å². The van der Waals surface area contributed by atoms with Crippen LogP contribution in [0.25, 0.3) is 11.3 Å². The molecule has 0 aliphatic heterocycles. The molecule has 6 nitrogen and oxygen atoms in total. The second kappa shape index (κ2) is 6.50. The van der Waals surface area contributed by atoms with Crippen LogP contribution in [0.3, 0.4) is 0 Å². The molecule has 1 aromatic heterocycles. The molecular weight excluding hydrogens is 347 g/mol. The predicted octanol–water partition coefficient (Wildman–Crippen LogP) is 2.99. The average molecular weight is 360 g/mol. The number of carbonyl (C=O) groups is 1. The first-order valence-electron chi connectivity index (χ1n) is 7.13. The summed E-state index contributed by atoms with van der Waals surface area (Å²) in [5.74, 6) is -0.377. The number of halogens is 1. The lowest BCUT2D eigenvalue weighted by Gasteiger charge is -2.04. The predicted molar refractivity (Wildman–Crippen MR) is 89.9 cm³/mol. The van der Waals surface area contributed by atoms with Gasteiger partial charge in [-0.25, -0.2) is 17.9 Å². The van der Waals surface area contributed by atoms with E-state index in [2.05, 4.69) is 5.32 Å². The van der Waals surface area contributed by atoms with Gasteiger partial charge in [0.15, 0.2) is 5.76 Å². The van der Waals surface area contributed by atoms with Crippen LogP contribution in [-0.4, -0.2) is 14.3 Å². The molecule has 3 aromatic rings. The monoisotopic (exact) mass is 360 g/mol. The molecule has 2 aromatic carbocycles. The largest absolute Gasteiger partial charge is 0.451 e. The second-order valence-electron chi connectivity index (χ2n) is 5.19. The Morgan fingerprint density at radius 3 is 2.20 bits per heavy atom. The maximum Gasteiger partial charge on any atom is 0.291 e. The lowest BCUT2D eigenvalue weighted by Crippen LogP contribution is -2.13. The van der Waals surface area contributed by atoms with Gasteiger partial charge in [-0.1, -0.05) is 0 Å². The number of nitrogens with one attached hydrogen (secondary N) is 1. The Balaban J connectivity index is 1.75. The third-order valence-electron chi connectivity index (χ3n) is 3.40. The molecule has 0 unspecified atom stereocenters. The van der Waals surface area contributed by atoms with E-state index in [0.717, 1.165) is 0 Å². The molecular formula is C17H13FN2O4S. The Labute approximate surface area is 143 Å². The van der Waals surface area contributed by atoms with Crippen molar-refractivity contribution >= 4 is 21.6 Å². The number of sulfonamides is 1. The van der Waals surface area contributed by atoms with Gasteiger partial charge in [0, 0.05) is 11.3 Å². The van der Waals surface area contributed by atoms with Gasteiger partial charge in [0.05, 0.1) is 4.90 Å². The molecule has 3 N–H and O–H groups in total. The molecule has 25 heavy (non-hydrogen) atoms. The van der Waals surface area contributed by atoms with Crippen LogP contribution in [0.5, 0.6) is 0 Å². The Bertz CT molecular complexity index is 1010. The highest BCUT2D eigenvalue weighted by atomic mass is 32.2. The molecule has 0 aliphatic rings. The van der Waals surface area contributed by atoms with Crippen molar-refractivity contribution in [3.8, 4) is 11.3 Å². The third kappa shape index (κ3) is 3.93. The van der Waals surface area contributed by atoms with E-state index in [1.54, 1.807) is 18.2 Å². The second-order valence-corrected chi connectivity index (χ2v) is 6.76. The van der Waals surface area contributed by atoms with E-state index in [9.17, 15) is 17.6 Å². The molecule has 0 fully saturated rings. The van der Waals surface area contributed by atoms with Crippen LogP contribution >= 0.6 is 0 Å². The Morgan fingerprint density at radius 2 is 1.60 bits per heavy atom. The zero-order valence-corrected chi connectivity index (χ0v) is 13.6. The fourth-order valence-electron chi connectivity index (χ4n) is 2.15. The summed E-state index contributed by atoms with van der Waals surface area (Å²) in [6.45, 7) is 0. The molecule has 1 heterocycles. The number of carbonyl (C=O) groups excluding carboxylic acids is 1. The van der Waals surface area contributed by atoms with E-state index in [1.807, 2.05) is 0 Å². The summed E-state index contributed by atoms with van der Waals surface area (Å²) >= 11 is 0. The van der Waals surface area contributed by atoms with Gasteiger partial charge in [0.1, 0.15) is 11.6 Å². The number of hydrogen-bond acceptors (Lipinski definition) is 4. The summed E-state index contributed by atoms with van der Waals surface area (Å²) < 4.78 is 40.8. The number of primary sulfonamides is 1. The Kier molecular flexibility index (Phi) is 4.39. The van der Waals surface area contributed by atoms with E-state index in [0.29, 0.717) is 17.0 Å². The summed E-state index contributed by atoms with van der Waals surface area (Å²) in [5.41, 5.74) is 1.02. The van der Waals surface area contributed by atoms with Gasteiger partial charge in [0.2, 0.25) is 10.0 Å². The van der Waals surface area contributed by atoms with E-state index in [4.69, 9.17) is 9.56 Å². The summed E-state index contributed by atoms with van der Waals surface area (Å²) in [6.07, 6.45) is 0. The molecule has 0 aliphatic carbocycles. The summed E-state index contributed by atoms with van der Waals surface area (Å²) in [4.78, 5) is 12.1. The van der Waals surface area contributed by atoms with Gasteiger partial charge in [-0.2, -0.15) is 0 Å². The first-order valence-corrected chi connectivity index (χ1v) is 8.67. The molecule has 0 spiro atoms. The average Bonchev–Trinajstić information content (AvgIpc) is 3.05. The quantitative estimate of drug-likeness (QED) is 0.746. The zero-order chi connectivity index (χ0) is 18.0. The SMILES string of the molecule is NS(=O)(=O)c1ccc(NC(=O)c2ccc(-c3ccc(F)cc3)o2)cc1. The van der Waals surface area contributed by atoms with Crippen LogP contribution in [0.15, 0.2) is 70.0 Å². The van der Waals surface area contributed by atoms with Crippen LogP contribution in [-0.2, 0) is 10.0 Å². The van der Waals surface area contributed by atoms with Crippen molar-refractivity contribution in [2.24, 2.45) is 5.14 Å². The summed E-state index contributed by atoms with van der Waals surface area (Å²) in [5, 5.41) is 7.60. The number of furan rings is 1. The fourth-order valence-corrected chi connectivity index (χ4v) is 2.67. The zero-order valence-electron chi connectivity index (χ0n) is 12.8. The Morgan fingerprint density at radius 1 is 0.960 bits per heavy atom. The first-order chi connectivity index (χ1) is 11.8. The van der Waals surface area contributed by atoms with E-state index < -0.39 is 15.9 Å². The number of anilines is 1. The van der Waals surface area contributed by atoms with E-state index >= 15 is 0 Å². The molecule has 3 rings (SSSR count). The molecule has 0 radical (unpaired) electrons. The minimum Gasteiger partial charge on any atom is -0.451 e.